The second-order valence-electron chi connectivity index (χ2n) is 6.84. The van der Waals surface area contributed by atoms with Gasteiger partial charge >= 0.3 is 0 Å². The third-order valence-electron chi connectivity index (χ3n) is 4.91. The van der Waals surface area contributed by atoms with E-state index in [1.807, 2.05) is 69.3 Å². The first kappa shape index (κ1) is 20.1. The summed E-state index contributed by atoms with van der Waals surface area (Å²) in [5.41, 5.74) is 1.44. The standard InChI is InChI=1S/C22H25N3O2S/c1-5-15(2)25-21(27)18-13-9-10-14-19(18)23-22(25)28-16(3)20(26)24(4)17-11-7-6-8-12-17/h6-16H,5H2,1-4H3/t15-,16+/m1/s1. The van der Waals surface area contributed by atoms with Gasteiger partial charge < -0.3 is 4.90 Å². The lowest BCUT2D eigenvalue weighted by atomic mass is 10.2. The molecule has 0 aliphatic rings. The largest absolute Gasteiger partial charge is 0.315 e. The number of anilines is 1. The van der Waals surface area contributed by atoms with Crippen LogP contribution in [0.15, 0.2) is 64.5 Å². The highest BCUT2D eigenvalue weighted by molar-refractivity contribution is 8.00. The molecular formula is C22H25N3O2S. The summed E-state index contributed by atoms with van der Waals surface area (Å²) in [6.45, 7) is 5.90. The van der Waals surface area contributed by atoms with Crippen molar-refractivity contribution in [3.05, 3.63) is 65.0 Å². The van der Waals surface area contributed by atoms with Gasteiger partial charge in [0.25, 0.3) is 5.56 Å². The number of amides is 1. The molecule has 6 heteroatoms. The lowest BCUT2D eigenvalue weighted by Crippen LogP contribution is -2.34. The minimum Gasteiger partial charge on any atom is -0.315 e. The second-order valence-corrected chi connectivity index (χ2v) is 8.14. The Hall–Kier alpha value is -2.60. The van der Waals surface area contributed by atoms with E-state index in [0.29, 0.717) is 16.1 Å². The van der Waals surface area contributed by atoms with Crippen LogP contribution in [-0.2, 0) is 4.79 Å². The summed E-state index contributed by atoms with van der Waals surface area (Å²) in [6.07, 6.45) is 0.805. The van der Waals surface area contributed by atoms with Crippen molar-refractivity contribution in [2.45, 2.75) is 43.6 Å². The van der Waals surface area contributed by atoms with Gasteiger partial charge in [0.1, 0.15) is 0 Å². The molecule has 0 bridgehead atoms. The quantitative estimate of drug-likeness (QED) is 0.455. The topological polar surface area (TPSA) is 55.2 Å². The van der Waals surface area contributed by atoms with Crippen LogP contribution >= 0.6 is 11.8 Å². The predicted octanol–water partition coefficient (Wildman–Crippen LogP) is 4.51. The second kappa shape index (κ2) is 8.61. The van der Waals surface area contributed by atoms with Gasteiger partial charge in [0.05, 0.1) is 16.2 Å². The average molecular weight is 396 g/mol. The van der Waals surface area contributed by atoms with E-state index in [1.54, 1.807) is 22.6 Å². The molecule has 3 rings (SSSR count). The minimum atomic E-state index is -0.381. The monoisotopic (exact) mass is 395 g/mol. The van der Waals surface area contributed by atoms with Gasteiger partial charge in [-0.1, -0.05) is 49.0 Å². The maximum absolute atomic E-state index is 13.1. The van der Waals surface area contributed by atoms with Crippen molar-refractivity contribution in [2.24, 2.45) is 0 Å². The zero-order chi connectivity index (χ0) is 20.3. The first-order valence-electron chi connectivity index (χ1n) is 9.44. The van der Waals surface area contributed by atoms with E-state index in [-0.39, 0.29) is 22.8 Å². The van der Waals surface area contributed by atoms with Gasteiger partial charge in [0.2, 0.25) is 5.91 Å². The molecule has 5 nitrogen and oxygen atoms in total. The molecule has 146 valence electrons. The number of hydrogen-bond donors (Lipinski definition) is 0. The van der Waals surface area contributed by atoms with E-state index in [9.17, 15) is 9.59 Å². The lowest BCUT2D eigenvalue weighted by molar-refractivity contribution is -0.117. The fraction of sp³-hybridized carbons (Fsp3) is 0.318. The third-order valence-corrected chi connectivity index (χ3v) is 5.97. The van der Waals surface area contributed by atoms with Gasteiger partial charge in [0, 0.05) is 18.8 Å². The number of rotatable bonds is 6. The Bertz CT molecular complexity index is 1030. The molecule has 1 amide bonds. The Morgan fingerprint density at radius 3 is 2.43 bits per heavy atom. The molecule has 0 spiro atoms. The summed E-state index contributed by atoms with van der Waals surface area (Å²) in [4.78, 5) is 32.4. The number of thioether (sulfide) groups is 1. The molecular weight excluding hydrogens is 370 g/mol. The van der Waals surface area contributed by atoms with Gasteiger partial charge in [-0.3, -0.25) is 14.2 Å². The molecule has 2 aromatic carbocycles. The Balaban J connectivity index is 1.96. The van der Waals surface area contributed by atoms with Gasteiger partial charge in [-0.2, -0.15) is 0 Å². The van der Waals surface area contributed by atoms with Gasteiger partial charge in [0.15, 0.2) is 5.16 Å². The van der Waals surface area contributed by atoms with Gasteiger partial charge in [-0.15, -0.1) is 0 Å². The maximum Gasteiger partial charge on any atom is 0.262 e. The molecule has 0 aliphatic heterocycles. The number of fused-ring (bicyclic) bond motifs is 1. The van der Waals surface area contributed by atoms with Crippen LogP contribution in [0.5, 0.6) is 0 Å². The first-order chi connectivity index (χ1) is 13.4. The number of benzene rings is 2. The summed E-state index contributed by atoms with van der Waals surface area (Å²) in [6, 6.07) is 16.9. The highest BCUT2D eigenvalue weighted by atomic mass is 32.2. The first-order valence-corrected chi connectivity index (χ1v) is 10.3. The highest BCUT2D eigenvalue weighted by Gasteiger charge is 2.24. The van der Waals surface area contributed by atoms with Crippen LogP contribution in [0.3, 0.4) is 0 Å². The minimum absolute atomic E-state index is 0.00117. The fourth-order valence-electron chi connectivity index (χ4n) is 3.04. The normalized spacial score (nSPS) is 13.3. The summed E-state index contributed by atoms with van der Waals surface area (Å²) < 4.78 is 1.72. The van der Waals surface area contributed by atoms with E-state index in [0.717, 1.165) is 12.1 Å². The molecule has 0 unspecified atom stereocenters. The number of nitrogens with zero attached hydrogens (tertiary/aromatic N) is 3. The molecule has 0 radical (unpaired) electrons. The molecule has 0 saturated carbocycles. The van der Waals surface area contributed by atoms with Gasteiger partial charge in [-0.05, 0) is 44.5 Å². The van der Waals surface area contributed by atoms with Crippen molar-refractivity contribution in [1.29, 1.82) is 0 Å². The molecule has 1 aromatic heterocycles. The third kappa shape index (κ3) is 3.97. The zero-order valence-corrected chi connectivity index (χ0v) is 17.4. The van der Waals surface area contributed by atoms with E-state index in [2.05, 4.69) is 0 Å². The highest BCUT2D eigenvalue weighted by Crippen LogP contribution is 2.27. The van der Waals surface area contributed by atoms with Crippen molar-refractivity contribution >= 4 is 34.3 Å². The van der Waals surface area contributed by atoms with E-state index >= 15 is 0 Å². The van der Waals surface area contributed by atoms with Crippen molar-refractivity contribution in [3.63, 3.8) is 0 Å². The number of carbonyl (C=O) groups excluding carboxylic acids is 1. The Kier molecular flexibility index (Phi) is 6.19. The Morgan fingerprint density at radius 1 is 1.11 bits per heavy atom. The van der Waals surface area contributed by atoms with E-state index < -0.39 is 0 Å². The predicted molar refractivity (Wildman–Crippen MR) is 116 cm³/mol. The van der Waals surface area contributed by atoms with Gasteiger partial charge in [-0.25, -0.2) is 4.98 Å². The van der Waals surface area contributed by atoms with Crippen LogP contribution in [0.2, 0.25) is 0 Å². The van der Waals surface area contributed by atoms with Crippen molar-refractivity contribution in [1.82, 2.24) is 9.55 Å². The molecule has 0 N–H and O–H groups in total. The van der Waals surface area contributed by atoms with Crippen molar-refractivity contribution in [2.75, 3.05) is 11.9 Å². The smallest absolute Gasteiger partial charge is 0.262 e. The Morgan fingerprint density at radius 2 is 1.75 bits per heavy atom. The summed E-state index contributed by atoms with van der Waals surface area (Å²) in [5, 5.41) is 0.807. The summed E-state index contributed by atoms with van der Waals surface area (Å²) in [5.74, 6) is -0.0330. The van der Waals surface area contributed by atoms with Crippen LogP contribution in [0.1, 0.15) is 33.2 Å². The molecule has 1 heterocycles. The molecule has 3 aromatic rings. The van der Waals surface area contributed by atoms with Crippen LogP contribution in [0.4, 0.5) is 5.69 Å². The average Bonchev–Trinajstić information content (AvgIpc) is 2.73. The maximum atomic E-state index is 13.1. The SMILES string of the molecule is CC[C@@H](C)n1c(S[C@@H](C)C(=O)N(C)c2ccccc2)nc2ccccc2c1=O. The van der Waals surface area contributed by atoms with Crippen molar-refractivity contribution in [3.8, 4) is 0 Å². The van der Waals surface area contributed by atoms with Crippen LogP contribution < -0.4 is 10.5 Å². The van der Waals surface area contributed by atoms with Crippen molar-refractivity contribution < 1.29 is 4.79 Å². The molecule has 0 aliphatic carbocycles. The lowest BCUT2D eigenvalue weighted by Gasteiger charge is -2.23. The fourth-order valence-corrected chi connectivity index (χ4v) is 4.14. The van der Waals surface area contributed by atoms with E-state index in [1.165, 1.54) is 11.8 Å². The number of carbonyl (C=O) groups is 1. The van der Waals surface area contributed by atoms with Crippen LogP contribution in [-0.4, -0.2) is 27.8 Å². The zero-order valence-electron chi connectivity index (χ0n) is 16.6. The Labute approximate surface area is 169 Å². The molecule has 0 saturated heterocycles. The molecule has 0 fully saturated rings. The number of aromatic nitrogens is 2. The van der Waals surface area contributed by atoms with Crippen LogP contribution in [0, 0.1) is 0 Å². The summed E-state index contributed by atoms with van der Waals surface area (Å²) in [7, 11) is 1.77. The van der Waals surface area contributed by atoms with Crippen LogP contribution in [0.25, 0.3) is 10.9 Å². The summed E-state index contributed by atoms with van der Waals surface area (Å²) >= 11 is 1.33. The number of hydrogen-bond acceptors (Lipinski definition) is 4. The molecule has 28 heavy (non-hydrogen) atoms. The van der Waals surface area contributed by atoms with E-state index in [4.69, 9.17) is 4.98 Å². The number of para-hydroxylation sites is 2. The molecule has 2 atom stereocenters.